The third-order valence-electron chi connectivity index (χ3n) is 3.09. The summed E-state index contributed by atoms with van der Waals surface area (Å²) in [6.45, 7) is 1.86. The number of nitrogen functional groups attached to an aromatic ring is 1. The molecule has 2 rings (SSSR count). The van der Waals surface area contributed by atoms with Crippen molar-refractivity contribution in [3.05, 3.63) is 34.6 Å². The van der Waals surface area contributed by atoms with E-state index in [2.05, 4.69) is 20.3 Å². The fraction of sp³-hybridized carbons (Fsp3) is 0.333. The predicted molar refractivity (Wildman–Crippen MR) is 99.5 cm³/mol. The fourth-order valence-corrected chi connectivity index (χ4v) is 2.70. The van der Waals surface area contributed by atoms with E-state index in [1.54, 1.807) is 17.0 Å². The lowest BCUT2D eigenvalue weighted by molar-refractivity contribution is -0.113. The van der Waals surface area contributed by atoms with Gasteiger partial charge in [-0.05, 0) is 24.6 Å². The molecule has 3 N–H and O–H groups in total. The number of hydrogen-bond acceptors (Lipinski definition) is 7. The molecule has 1 aromatic heterocycles. The predicted octanol–water partition coefficient (Wildman–Crippen LogP) is 2.35. The van der Waals surface area contributed by atoms with Gasteiger partial charge in [-0.1, -0.05) is 17.7 Å². The smallest absolute Gasteiger partial charge is 0.234 e. The van der Waals surface area contributed by atoms with Gasteiger partial charge in [0.1, 0.15) is 5.82 Å². The molecule has 7 nitrogen and oxygen atoms in total. The second-order valence-electron chi connectivity index (χ2n) is 5.26. The van der Waals surface area contributed by atoms with Crippen molar-refractivity contribution in [2.24, 2.45) is 0 Å². The summed E-state index contributed by atoms with van der Waals surface area (Å²) in [5.41, 5.74) is 7.23. The van der Waals surface area contributed by atoms with Crippen molar-refractivity contribution in [1.82, 2.24) is 15.0 Å². The van der Waals surface area contributed by atoms with Crippen LogP contribution in [0.4, 0.5) is 17.6 Å². The van der Waals surface area contributed by atoms with Crippen LogP contribution in [0.25, 0.3) is 0 Å². The minimum absolute atomic E-state index is 0.111. The number of hydrogen-bond donors (Lipinski definition) is 2. The first-order chi connectivity index (χ1) is 11.4. The highest BCUT2D eigenvalue weighted by molar-refractivity contribution is 7.99. The molecule has 0 saturated carbocycles. The molecule has 0 aliphatic carbocycles. The number of aromatic nitrogens is 3. The number of thioether (sulfide) groups is 1. The largest absolute Gasteiger partial charge is 0.368 e. The van der Waals surface area contributed by atoms with Crippen LogP contribution in [-0.2, 0) is 10.5 Å². The molecule has 0 spiro atoms. The first-order valence-electron chi connectivity index (χ1n) is 7.17. The molecule has 1 heterocycles. The van der Waals surface area contributed by atoms with Gasteiger partial charge in [-0.2, -0.15) is 15.0 Å². The Labute approximate surface area is 150 Å². The quantitative estimate of drug-likeness (QED) is 0.809. The molecule has 1 aromatic carbocycles. The zero-order chi connectivity index (χ0) is 17.7. The number of rotatable bonds is 6. The first kappa shape index (κ1) is 18.3. The van der Waals surface area contributed by atoms with E-state index in [4.69, 9.17) is 17.3 Å². The highest BCUT2D eigenvalue weighted by atomic mass is 35.5. The molecule has 0 bridgehead atoms. The van der Waals surface area contributed by atoms with Gasteiger partial charge < -0.3 is 16.0 Å². The van der Waals surface area contributed by atoms with Gasteiger partial charge in [-0.15, -0.1) is 11.8 Å². The average molecular weight is 367 g/mol. The van der Waals surface area contributed by atoms with E-state index in [1.807, 2.05) is 27.1 Å². The Morgan fingerprint density at radius 3 is 2.79 bits per heavy atom. The lowest BCUT2D eigenvalue weighted by Gasteiger charge is -2.11. The van der Waals surface area contributed by atoms with Gasteiger partial charge >= 0.3 is 0 Å². The van der Waals surface area contributed by atoms with E-state index in [0.717, 1.165) is 5.56 Å². The monoisotopic (exact) mass is 366 g/mol. The Balaban J connectivity index is 1.90. The normalized spacial score (nSPS) is 10.5. The van der Waals surface area contributed by atoms with Gasteiger partial charge in [0.2, 0.25) is 17.8 Å². The summed E-state index contributed by atoms with van der Waals surface area (Å²) in [4.78, 5) is 26.2. The summed E-state index contributed by atoms with van der Waals surface area (Å²) in [5, 5.41) is 3.47. The number of nitrogens with one attached hydrogen (secondary N) is 1. The van der Waals surface area contributed by atoms with Crippen LogP contribution in [0.15, 0.2) is 18.2 Å². The third-order valence-corrected chi connectivity index (χ3v) is 4.43. The van der Waals surface area contributed by atoms with E-state index in [-0.39, 0.29) is 17.6 Å². The molecule has 24 heavy (non-hydrogen) atoms. The van der Waals surface area contributed by atoms with Crippen LogP contribution in [0.2, 0.25) is 5.02 Å². The summed E-state index contributed by atoms with van der Waals surface area (Å²) in [6.07, 6.45) is 0. The van der Waals surface area contributed by atoms with Gasteiger partial charge in [-0.25, -0.2) is 0 Å². The minimum atomic E-state index is -0.111. The van der Waals surface area contributed by atoms with Gasteiger partial charge in [0.05, 0.1) is 11.5 Å². The van der Waals surface area contributed by atoms with E-state index >= 15 is 0 Å². The van der Waals surface area contributed by atoms with Crippen molar-refractivity contribution in [2.75, 3.05) is 35.8 Å². The van der Waals surface area contributed by atoms with Gasteiger partial charge in [0.25, 0.3) is 0 Å². The molecule has 0 radical (unpaired) electrons. The van der Waals surface area contributed by atoms with Crippen molar-refractivity contribution < 1.29 is 4.79 Å². The Hall–Kier alpha value is -2.06. The summed E-state index contributed by atoms with van der Waals surface area (Å²) in [5.74, 6) is 1.84. The summed E-state index contributed by atoms with van der Waals surface area (Å²) in [6, 6.07) is 5.41. The Kier molecular flexibility index (Phi) is 6.22. The van der Waals surface area contributed by atoms with Crippen molar-refractivity contribution in [1.29, 1.82) is 0 Å². The molecule has 0 aliphatic rings. The van der Waals surface area contributed by atoms with E-state index in [9.17, 15) is 4.79 Å². The standard InChI is InChI=1S/C15H19ClN6OS/c1-9-10(16)5-4-6-11(9)18-13(23)8-24-7-12-19-14(17)21-15(20-12)22(2)3/h4-6H,7-8H2,1-3H3,(H,18,23)(H2,17,19,20,21). The van der Waals surface area contributed by atoms with E-state index in [0.29, 0.717) is 28.2 Å². The number of carbonyl (C=O) groups excluding carboxylic acids is 1. The van der Waals surface area contributed by atoms with Crippen LogP contribution >= 0.6 is 23.4 Å². The van der Waals surface area contributed by atoms with Crippen LogP contribution in [0, 0.1) is 6.92 Å². The number of anilines is 3. The topological polar surface area (TPSA) is 97.0 Å². The highest BCUT2D eigenvalue weighted by Crippen LogP contribution is 2.23. The lowest BCUT2D eigenvalue weighted by atomic mass is 10.2. The first-order valence-corrected chi connectivity index (χ1v) is 8.70. The Morgan fingerprint density at radius 2 is 2.08 bits per heavy atom. The number of nitrogens with zero attached hydrogens (tertiary/aromatic N) is 4. The number of amides is 1. The molecule has 128 valence electrons. The Morgan fingerprint density at radius 1 is 1.33 bits per heavy atom. The molecule has 0 aliphatic heterocycles. The van der Waals surface area contributed by atoms with Gasteiger partial charge in [-0.3, -0.25) is 4.79 Å². The van der Waals surface area contributed by atoms with Crippen molar-refractivity contribution in [3.8, 4) is 0 Å². The van der Waals surface area contributed by atoms with Crippen molar-refractivity contribution >= 4 is 46.9 Å². The molecule has 2 aromatic rings. The number of benzene rings is 1. The molecule has 0 fully saturated rings. The van der Waals surface area contributed by atoms with Crippen LogP contribution in [0.3, 0.4) is 0 Å². The summed E-state index contributed by atoms with van der Waals surface area (Å²) >= 11 is 7.44. The molecular formula is C15H19ClN6OS. The zero-order valence-electron chi connectivity index (χ0n) is 13.7. The summed E-state index contributed by atoms with van der Waals surface area (Å²) < 4.78 is 0. The summed E-state index contributed by atoms with van der Waals surface area (Å²) in [7, 11) is 3.65. The van der Waals surface area contributed by atoms with Gasteiger partial charge in [0.15, 0.2) is 0 Å². The van der Waals surface area contributed by atoms with E-state index in [1.165, 1.54) is 11.8 Å². The van der Waals surface area contributed by atoms with Crippen LogP contribution in [0.1, 0.15) is 11.4 Å². The van der Waals surface area contributed by atoms with Crippen molar-refractivity contribution in [2.45, 2.75) is 12.7 Å². The second-order valence-corrected chi connectivity index (χ2v) is 6.65. The SMILES string of the molecule is Cc1c(Cl)cccc1NC(=O)CSCc1nc(N)nc(N(C)C)n1. The molecular weight excluding hydrogens is 348 g/mol. The minimum Gasteiger partial charge on any atom is -0.368 e. The van der Waals surface area contributed by atoms with Crippen LogP contribution in [0.5, 0.6) is 0 Å². The molecule has 9 heteroatoms. The number of halogens is 1. The molecule has 0 unspecified atom stereocenters. The zero-order valence-corrected chi connectivity index (χ0v) is 15.3. The molecule has 0 atom stereocenters. The fourth-order valence-electron chi connectivity index (χ4n) is 1.85. The maximum atomic E-state index is 12.0. The van der Waals surface area contributed by atoms with Crippen LogP contribution < -0.4 is 16.0 Å². The number of carbonyl (C=O) groups is 1. The maximum Gasteiger partial charge on any atom is 0.234 e. The van der Waals surface area contributed by atoms with Gasteiger partial charge in [0, 0.05) is 24.8 Å². The average Bonchev–Trinajstić information content (AvgIpc) is 2.51. The van der Waals surface area contributed by atoms with E-state index < -0.39 is 0 Å². The lowest BCUT2D eigenvalue weighted by Crippen LogP contribution is -2.17. The maximum absolute atomic E-state index is 12.0. The third kappa shape index (κ3) is 4.97. The molecule has 0 saturated heterocycles. The molecule has 1 amide bonds. The number of nitrogens with two attached hydrogens (primary N) is 1. The Bertz CT molecular complexity index is 740. The van der Waals surface area contributed by atoms with Crippen LogP contribution in [-0.4, -0.2) is 40.7 Å². The highest BCUT2D eigenvalue weighted by Gasteiger charge is 2.09. The van der Waals surface area contributed by atoms with Crippen molar-refractivity contribution in [3.63, 3.8) is 0 Å². The second kappa shape index (κ2) is 8.16.